The van der Waals surface area contributed by atoms with Crippen LogP contribution in [0.3, 0.4) is 0 Å². The maximum atomic E-state index is 11.3. The maximum absolute atomic E-state index is 11.3. The highest BCUT2D eigenvalue weighted by molar-refractivity contribution is 8.13. The van der Waals surface area contributed by atoms with E-state index < -0.39 is 5.24 Å². The van der Waals surface area contributed by atoms with E-state index >= 15 is 0 Å². The molecule has 0 bridgehead atoms. The van der Waals surface area contributed by atoms with E-state index in [1.165, 1.54) is 4.90 Å². The number of rotatable bonds is 3. The number of imide groups is 1. The first-order valence-electron chi connectivity index (χ1n) is 4.14. The molecule has 0 N–H and O–H groups in total. The Bertz CT molecular complexity index is 197. The highest BCUT2D eigenvalue weighted by Crippen LogP contribution is 2.15. The Labute approximate surface area is 88.7 Å². The topological polar surface area (TPSA) is 37.4 Å². The quantitative estimate of drug-likeness (QED) is 0.744. The van der Waals surface area contributed by atoms with Gasteiger partial charge in [-0.05, 0) is 19.6 Å². The molecule has 76 valence electrons. The van der Waals surface area contributed by atoms with Crippen LogP contribution in [-0.4, -0.2) is 27.7 Å². The second kappa shape index (κ2) is 6.32. The van der Waals surface area contributed by atoms with Crippen LogP contribution in [0.1, 0.15) is 26.7 Å². The third-order valence-electron chi connectivity index (χ3n) is 1.72. The number of carbonyl (C=O) groups is 2. The summed E-state index contributed by atoms with van der Waals surface area (Å²) in [6.45, 7) is 3.87. The Kier molecular flexibility index (Phi) is 6.24. The van der Waals surface area contributed by atoms with Crippen molar-refractivity contribution in [3.05, 3.63) is 0 Å². The summed E-state index contributed by atoms with van der Waals surface area (Å²) in [5.74, 6) is 0. The van der Waals surface area contributed by atoms with E-state index in [1.54, 1.807) is 6.26 Å². The average Bonchev–Trinajstić information content (AvgIpc) is 2.04. The molecule has 0 aromatic carbocycles. The van der Waals surface area contributed by atoms with Crippen LogP contribution in [0.15, 0.2) is 0 Å². The average molecular weight is 221 g/mol. The third kappa shape index (κ3) is 4.04. The van der Waals surface area contributed by atoms with Crippen molar-refractivity contribution in [2.24, 2.45) is 0 Å². The zero-order valence-electron chi connectivity index (χ0n) is 8.11. The lowest BCUT2D eigenvalue weighted by molar-refractivity contribution is 0.201. The molecule has 0 aromatic heterocycles. The molecule has 0 aliphatic heterocycles. The molecular weight excluding hydrogens is 206 g/mol. The predicted octanol–water partition coefficient (Wildman–Crippen LogP) is 3.01. The predicted molar refractivity (Wildman–Crippen MR) is 59.5 cm³/mol. The van der Waals surface area contributed by atoms with E-state index in [0.717, 1.165) is 24.6 Å². The molecule has 0 fully saturated rings. The minimum atomic E-state index is -0.472. The van der Waals surface area contributed by atoms with Crippen LogP contribution in [0.25, 0.3) is 0 Å². The number of amides is 2. The summed E-state index contributed by atoms with van der Waals surface area (Å²) in [6, 6.07) is -0.0602. The fourth-order valence-electron chi connectivity index (χ4n) is 1.09. The van der Waals surface area contributed by atoms with Gasteiger partial charge in [-0.1, -0.05) is 37.7 Å². The number of thiol groups is 1. The molecule has 0 heterocycles. The van der Waals surface area contributed by atoms with Gasteiger partial charge >= 0.3 is 0 Å². The molecule has 1 unspecified atom stereocenters. The zero-order valence-corrected chi connectivity index (χ0v) is 9.82. The highest BCUT2D eigenvalue weighted by Gasteiger charge is 2.23. The molecule has 2 amide bonds. The van der Waals surface area contributed by atoms with Gasteiger partial charge in [-0.2, -0.15) is 0 Å². The molecular formula is C8H15NO2S2. The van der Waals surface area contributed by atoms with Gasteiger partial charge in [0.25, 0.3) is 10.5 Å². The van der Waals surface area contributed by atoms with E-state index in [4.69, 9.17) is 0 Å². The molecule has 5 heteroatoms. The first-order chi connectivity index (χ1) is 6.04. The first-order valence-corrected chi connectivity index (χ1v) is 5.81. The molecule has 0 spiro atoms. The Hall–Kier alpha value is -0.160. The lowest BCUT2D eigenvalue weighted by Crippen LogP contribution is -2.38. The van der Waals surface area contributed by atoms with Crippen LogP contribution >= 0.6 is 24.4 Å². The van der Waals surface area contributed by atoms with E-state index in [9.17, 15) is 9.59 Å². The Morgan fingerprint density at radius 1 is 1.54 bits per heavy atom. The Balaban J connectivity index is 4.41. The van der Waals surface area contributed by atoms with Gasteiger partial charge in [-0.15, -0.1) is 0 Å². The number of carbonyl (C=O) groups excluding carboxylic acids is 2. The Morgan fingerprint density at radius 3 is 2.38 bits per heavy atom. The Morgan fingerprint density at radius 2 is 2.08 bits per heavy atom. The number of hydrogen-bond acceptors (Lipinski definition) is 3. The van der Waals surface area contributed by atoms with Crippen LogP contribution in [0.4, 0.5) is 9.59 Å². The molecule has 3 nitrogen and oxygen atoms in total. The van der Waals surface area contributed by atoms with E-state index in [2.05, 4.69) is 12.6 Å². The molecule has 0 aliphatic rings. The van der Waals surface area contributed by atoms with E-state index in [0.29, 0.717) is 0 Å². The third-order valence-corrected chi connectivity index (χ3v) is 2.49. The second-order valence-corrected chi connectivity index (χ2v) is 3.90. The summed E-state index contributed by atoms with van der Waals surface area (Å²) in [7, 11) is 0. The minimum Gasteiger partial charge on any atom is -0.261 e. The molecule has 13 heavy (non-hydrogen) atoms. The van der Waals surface area contributed by atoms with Crippen molar-refractivity contribution in [1.82, 2.24) is 4.90 Å². The standard InChI is InChI=1S/C8H15NO2S2/c1-4-5-6(2)9(7(10)12)8(11)13-3/h6H,4-5H2,1-3H3,(H,10,12). The second-order valence-electron chi connectivity index (χ2n) is 2.76. The van der Waals surface area contributed by atoms with Crippen LogP contribution in [0.5, 0.6) is 0 Å². The molecule has 0 rings (SSSR count). The van der Waals surface area contributed by atoms with Gasteiger partial charge in [0.05, 0.1) is 0 Å². The molecule has 0 aromatic rings. The van der Waals surface area contributed by atoms with Crippen molar-refractivity contribution in [3.63, 3.8) is 0 Å². The smallest absolute Gasteiger partial charge is 0.261 e. The van der Waals surface area contributed by atoms with Crippen molar-refractivity contribution in [3.8, 4) is 0 Å². The van der Waals surface area contributed by atoms with Crippen LogP contribution < -0.4 is 0 Å². The van der Waals surface area contributed by atoms with Gasteiger partial charge in [0.2, 0.25) is 0 Å². The van der Waals surface area contributed by atoms with Gasteiger partial charge in [0, 0.05) is 6.04 Å². The normalized spacial score (nSPS) is 12.3. The summed E-state index contributed by atoms with van der Waals surface area (Å²) >= 11 is 4.70. The summed E-state index contributed by atoms with van der Waals surface area (Å²) in [5, 5.41) is -0.707. The van der Waals surface area contributed by atoms with Crippen molar-refractivity contribution in [2.75, 3.05) is 6.26 Å². The van der Waals surface area contributed by atoms with Gasteiger partial charge < -0.3 is 0 Å². The van der Waals surface area contributed by atoms with Gasteiger partial charge in [0.1, 0.15) is 0 Å². The lowest BCUT2D eigenvalue weighted by Gasteiger charge is -2.24. The van der Waals surface area contributed by atoms with E-state index in [-0.39, 0.29) is 11.3 Å². The SMILES string of the molecule is CCCC(C)N(C(=O)S)C(=O)SC. The van der Waals surface area contributed by atoms with Gasteiger partial charge in [-0.25, -0.2) is 0 Å². The van der Waals surface area contributed by atoms with Gasteiger partial charge in [0.15, 0.2) is 0 Å². The summed E-state index contributed by atoms with van der Waals surface area (Å²) < 4.78 is 0. The lowest BCUT2D eigenvalue weighted by atomic mass is 10.2. The van der Waals surface area contributed by atoms with Crippen molar-refractivity contribution in [1.29, 1.82) is 0 Å². The highest BCUT2D eigenvalue weighted by atomic mass is 32.2. The fraction of sp³-hybridized carbons (Fsp3) is 0.750. The van der Waals surface area contributed by atoms with Crippen LogP contribution in [0, 0.1) is 0 Å². The van der Waals surface area contributed by atoms with Crippen LogP contribution in [-0.2, 0) is 0 Å². The largest absolute Gasteiger partial charge is 0.288 e. The minimum absolute atomic E-state index is 0.0602. The molecule has 0 aliphatic carbocycles. The monoisotopic (exact) mass is 221 g/mol. The molecule has 0 saturated carbocycles. The maximum Gasteiger partial charge on any atom is 0.288 e. The van der Waals surface area contributed by atoms with Gasteiger partial charge in [-0.3, -0.25) is 14.5 Å². The summed E-state index contributed by atoms with van der Waals surface area (Å²) in [6.07, 6.45) is 3.42. The van der Waals surface area contributed by atoms with E-state index in [1.807, 2.05) is 13.8 Å². The molecule has 0 saturated heterocycles. The number of hydrogen-bond donors (Lipinski definition) is 1. The van der Waals surface area contributed by atoms with Crippen molar-refractivity contribution >= 4 is 34.9 Å². The van der Waals surface area contributed by atoms with Crippen LogP contribution in [0.2, 0.25) is 0 Å². The molecule has 1 atom stereocenters. The summed E-state index contributed by atoms with van der Waals surface area (Å²) in [4.78, 5) is 23.5. The first kappa shape index (κ1) is 12.8. The molecule has 0 radical (unpaired) electrons. The number of thioether (sulfide) groups is 1. The zero-order chi connectivity index (χ0) is 10.4. The van der Waals surface area contributed by atoms with Crippen molar-refractivity contribution < 1.29 is 9.59 Å². The summed E-state index contributed by atoms with van der Waals surface area (Å²) in [5.41, 5.74) is 0. The number of nitrogens with zero attached hydrogens (tertiary/aromatic N) is 1. The fourth-order valence-corrected chi connectivity index (χ4v) is 1.91. The van der Waals surface area contributed by atoms with Crippen molar-refractivity contribution in [2.45, 2.75) is 32.7 Å².